The summed E-state index contributed by atoms with van der Waals surface area (Å²) in [5, 5.41) is 9.39. The Labute approximate surface area is 159 Å². The zero-order valence-corrected chi connectivity index (χ0v) is 15.1. The Balaban J connectivity index is 2.09. The second-order valence-corrected chi connectivity index (χ2v) is 6.83. The van der Waals surface area contributed by atoms with Gasteiger partial charge < -0.3 is 15.7 Å². The van der Waals surface area contributed by atoms with Gasteiger partial charge in [0, 0.05) is 37.1 Å². The van der Waals surface area contributed by atoms with Crippen LogP contribution in [0, 0.1) is 12.7 Å². The van der Waals surface area contributed by atoms with E-state index in [1.54, 1.807) is 23.2 Å². The highest BCUT2D eigenvalue weighted by molar-refractivity contribution is 5.93. The first kappa shape index (κ1) is 18.1. The zero-order chi connectivity index (χ0) is 20.0. The number of rotatable bonds is 3. The molecule has 1 aliphatic rings. The minimum atomic E-state index is -1.39. The summed E-state index contributed by atoms with van der Waals surface area (Å²) in [4.78, 5) is 34.6. The van der Waals surface area contributed by atoms with E-state index in [1.165, 1.54) is 23.9 Å². The Kier molecular flexibility index (Phi) is 4.31. The van der Waals surface area contributed by atoms with E-state index >= 15 is 4.39 Å². The third-order valence-corrected chi connectivity index (χ3v) is 4.97. The van der Waals surface area contributed by atoms with Crippen LogP contribution in [0.5, 0.6) is 0 Å². The van der Waals surface area contributed by atoms with Gasteiger partial charge in [0.05, 0.1) is 17.3 Å². The number of nitrogens with two attached hydrogens (primary N) is 1. The highest BCUT2D eigenvalue weighted by Gasteiger charge is 2.27. The van der Waals surface area contributed by atoms with Crippen molar-refractivity contribution in [1.82, 2.24) is 14.5 Å². The van der Waals surface area contributed by atoms with Gasteiger partial charge in [-0.1, -0.05) is 0 Å². The molecule has 3 aromatic heterocycles. The summed E-state index contributed by atoms with van der Waals surface area (Å²) in [6, 6.07) is 3.30. The molecule has 0 unspecified atom stereocenters. The molecule has 0 aromatic carbocycles. The number of carboxylic acid groups (broad SMARTS) is 1. The fourth-order valence-corrected chi connectivity index (χ4v) is 3.51. The zero-order valence-electron chi connectivity index (χ0n) is 15.1. The van der Waals surface area contributed by atoms with E-state index in [2.05, 4.69) is 9.97 Å². The van der Waals surface area contributed by atoms with Crippen LogP contribution in [0.25, 0.3) is 16.7 Å². The number of carbonyl (C=O) groups is 1. The number of aryl methyl sites for hydroxylation is 1. The first-order valence-corrected chi connectivity index (χ1v) is 8.78. The van der Waals surface area contributed by atoms with Crippen molar-refractivity contribution in [3.8, 4) is 5.69 Å². The van der Waals surface area contributed by atoms with Crippen LogP contribution in [-0.4, -0.2) is 44.7 Å². The van der Waals surface area contributed by atoms with Crippen LogP contribution in [0.3, 0.4) is 0 Å². The van der Waals surface area contributed by atoms with E-state index in [4.69, 9.17) is 5.73 Å². The minimum absolute atomic E-state index is 0.0613. The van der Waals surface area contributed by atoms with Crippen LogP contribution in [0.4, 0.5) is 10.2 Å². The Bertz CT molecular complexity index is 1150. The molecule has 28 heavy (non-hydrogen) atoms. The SMILES string of the molecule is Cc1c(F)c(N2CC[C@H](N)C2)nc2c1c(=O)c(C(=O)O)cn2-c1cccnc1. The number of hydrogen-bond donors (Lipinski definition) is 2. The molecule has 4 heterocycles. The van der Waals surface area contributed by atoms with E-state index in [-0.39, 0.29) is 28.5 Å². The van der Waals surface area contributed by atoms with Crippen LogP contribution in [-0.2, 0) is 0 Å². The van der Waals surface area contributed by atoms with Crippen molar-refractivity contribution in [3.05, 3.63) is 57.9 Å². The fraction of sp³-hybridized carbons (Fsp3) is 0.263. The second kappa shape index (κ2) is 6.68. The predicted octanol–water partition coefficient (Wildman–Crippen LogP) is 1.46. The largest absolute Gasteiger partial charge is 0.477 e. The average molecular weight is 383 g/mol. The van der Waals surface area contributed by atoms with Crippen molar-refractivity contribution in [2.75, 3.05) is 18.0 Å². The number of fused-ring (bicyclic) bond motifs is 1. The second-order valence-electron chi connectivity index (χ2n) is 6.83. The van der Waals surface area contributed by atoms with Gasteiger partial charge in [0.25, 0.3) is 0 Å². The van der Waals surface area contributed by atoms with Gasteiger partial charge in [-0.3, -0.25) is 14.3 Å². The molecule has 3 aromatic rings. The molecule has 9 heteroatoms. The summed E-state index contributed by atoms with van der Waals surface area (Å²) >= 11 is 0. The van der Waals surface area contributed by atoms with Crippen molar-refractivity contribution in [1.29, 1.82) is 0 Å². The van der Waals surface area contributed by atoms with E-state index in [0.29, 0.717) is 25.2 Å². The lowest BCUT2D eigenvalue weighted by atomic mass is 10.1. The summed E-state index contributed by atoms with van der Waals surface area (Å²) in [6.07, 6.45) is 5.00. The molecule has 1 aliphatic heterocycles. The van der Waals surface area contributed by atoms with E-state index in [9.17, 15) is 14.7 Å². The molecule has 0 saturated carbocycles. The lowest BCUT2D eigenvalue weighted by molar-refractivity contribution is 0.0695. The smallest absolute Gasteiger partial charge is 0.341 e. The number of hydrogen-bond acceptors (Lipinski definition) is 6. The highest BCUT2D eigenvalue weighted by Crippen LogP contribution is 2.29. The minimum Gasteiger partial charge on any atom is -0.477 e. The monoisotopic (exact) mass is 383 g/mol. The number of carboxylic acids is 1. The number of halogens is 1. The lowest BCUT2D eigenvalue weighted by Crippen LogP contribution is -2.28. The van der Waals surface area contributed by atoms with E-state index in [0.717, 1.165) is 0 Å². The molecule has 144 valence electrons. The van der Waals surface area contributed by atoms with Crippen LogP contribution in [0.15, 0.2) is 35.5 Å². The molecule has 0 bridgehead atoms. The van der Waals surface area contributed by atoms with Gasteiger partial charge in [-0.05, 0) is 25.5 Å². The topological polar surface area (TPSA) is 114 Å². The standard InChI is InChI=1S/C19H18FN5O3/c1-10-14-16(26)13(19(27)28)9-25(12-3-2-5-22-7-12)17(14)23-18(15(10)20)24-6-4-11(21)8-24/h2-3,5,7,9,11H,4,6,8,21H2,1H3,(H,27,28)/t11-/m0/s1. The third kappa shape index (κ3) is 2.80. The molecule has 3 N–H and O–H groups in total. The maximum atomic E-state index is 15.1. The summed E-state index contributed by atoms with van der Waals surface area (Å²) in [6.45, 7) is 2.47. The molecular formula is C19H18FN5O3. The fourth-order valence-electron chi connectivity index (χ4n) is 3.51. The van der Waals surface area contributed by atoms with Gasteiger partial charge in [-0.15, -0.1) is 0 Å². The average Bonchev–Trinajstić information content (AvgIpc) is 3.11. The van der Waals surface area contributed by atoms with Gasteiger partial charge in [0.1, 0.15) is 5.56 Å². The highest BCUT2D eigenvalue weighted by atomic mass is 19.1. The Morgan fingerprint density at radius 2 is 2.21 bits per heavy atom. The molecule has 8 nitrogen and oxygen atoms in total. The van der Waals surface area contributed by atoms with Gasteiger partial charge in [-0.25, -0.2) is 14.2 Å². The normalized spacial score (nSPS) is 16.7. The Morgan fingerprint density at radius 1 is 1.43 bits per heavy atom. The summed E-state index contributed by atoms with van der Waals surface area (Å²) in [5.41, 5.74) is 5.46. The molecule has 1 fully saturated rings. The number of anilines is 1. The molecular weight excluding hydrogens is 365 g/mol. The van der Waals surface area contributed by atoms with Crippen LogP contribution < -0.4 is 16.1 Å². The van der Waals surface area contributed by atoms with Crippen LogP contribution >= 0.6 is 0 Å². The summed E-state index contributed by atoms with van der Waals surface area (Å²) < 4.78 is 16.6. The quantitative estimate of drug-likeness (QED) is 0.704. The molecule has 0 amide bonds. The lowest BCUT2D eigenvalue weighted by Gasteiger charge is -2.21. The van der Waals surface area contributed by atoms with Crippen molar-refractivity contribution in [3.63, 3.8) is 0 Å². The first-order chi connectivity index (χ1) is 13.4. The Hall–Kier alpha value is -3.33. The number of pyridine rings is 3. The summed E-state index contributed by atoms with van der Waals surface area (Å²) in [5.74, 6) is -1.92. The molecule has 4 rings (SSSR count). The van der Waals surface area contributed by atoms with Crippen LogP contribution in [0.2, 0.25) is 0 Å². The molecule has 0 aliphatic carbocycles. The first-order valence-electron chi connectivity index (χ1n) is 8.78. The maximum absolute atomic E-state index is 15.1. The van der Waals surface area contributed by atoms with Crippen LogP contribution in [0.1, 0.15) is 22.3 Å². The van der Waals surface area contributed by atoms with Gasteiger partial charge in [-0.2, -0.15) is 0 Å². The van der Waals surface area contributed by atoms with Gasteiger partial charge >= 0.3 is 5.97 Å². The van der Waals surface area contributed by atoms with Crippen molar-refractivity contribution in [2.45, 2.75) is 19.4 Å². The third-order valence-electron chi connectivity index (χ3n) is 4.97. The van der Waals surface area contributed by atoms with E-state index < -0.39 is 22.8 Å². The number of aromatic carboxylic acids is 1. The molecule has 0 spiro atoms. The molecule has 0 radical (unpaired) electrons. The Morgan fingerprint density at radius 3 is 2.82 bits per heavy atom. The molecule has 1 atom stereocenters. The van der Waals surface area contributed by atoms with Crippen molar-refractivity contribution in [2.24, 2.45) is 5.73 Å². The van der Waals surface area contributed by atoms with Gasteiger partial charge in [0.2, 0.25) is 5.43 Å². The predicted molar refractivity (Wildman–Crippen MR) is 102 cm³/mol. The maximum Gasteiger partial charge on any atom is 0.341 e. The summed E-state index contributed by atoms with van der Waals surface area (Å²) in [7, 11) is 0. The van der Waals surface area contributed by atoms with E-state index in [1.807, 2.05) is 0 Å². The van der Waals surface area contributed by atoms with Crippen molar-refractivity contribution < 1.29 is 14.3 Å². The van der Waals surface area contributed by atoms with Gasteiger partial charge in [0.15, 0.2) is 17.3 Å². The van der Waals surface area contributed by atoms with Crippen molar-refractivity contribution >= 4 is 22.8 Å². The number of aromatic nitrogens is 3. The molecule has 1 saturated heterocycles. The number of nitrogens with zero attached hydrogens (tertiary/aromatic N) is 4.